The van der Waals surface area contributed by atoms with Crippen LogP contribution in [0.4, 0.5) is 0 Å². The third kappa shape index (κ3) is 6.82. The van der Waals surface area contributed by atoms with Crippen molar-refractivity contribution in [2.75, 3.05) is 26.8 Å². The molecule has 0 saturated carbocycles. The molecule has 0 aromatic heterocycles. The van der Waals surface area contributed by atoms with Gasteiger partial charge in [0.1, 0.15) is 12.4 Å². The summed E-state index contributed by atoms with van der Waals surface area (Å²) in [4.78, 5) is 14.0. The second-order valence-electron chi connectivity index (χ2n) is 5.69. The van der Waals surface area contributed by atoms with E-state index in [-0.39, 0.29) is 23.9 Å². The van der Waals surface area contributed by atoms with Crippen molar-refractivity contribution in [3.63, 3.8) is 0 Å². The van der Waals surface area contributed by atoms with Crippen molar-refractivity contribution < 1.29 is 14.3 Å². The monoisotopic (exact) mass is 315 g/mol. The van der Waals surface area contributed by atoms with Crippen LogP contribution >= 0.6 is 12.4 Å². The molecule has 120 valence electrons. The van der Waals surface area contributed by atoms with Gasteiger partial charge in [-0.3, -0.25) is 4.90 Å². The zero-order valence-corrected chi connectivity index (χ0v) is 14.3. The maximum Gasteiger partial charge on any atom is 0.338 e. The number of esters is 1. The summed E-state index contributed by atoms with van der Waals surface area (Å²) in [5, 5.41) is 0. The standard InChI is InChI=1S/C16H25NO3.ClH/c1-6-19-14-9-7-13(8-10-14)15(18)20-12-11-17(5)16(2,3)4;/h7-10H,6,11-12H2,1-5H3;1H. The maximum atomic E-state index is 11.9. The summed E-state index contributed by atoms with van der Waals surface area (Å²) in [6.45, 7) is 10.0. The van der Waals surface area contributed by atoms with Crippen LogP contribution in [-0.2, 0) is 4.74 Å². The highest BCUT2D eigenvalue weighted by atomic mass is 35.5. The number of carbonyl (C=O) groups is 1. The van der Waals surface area contributed by atoms with Gasteiger partial charge in [0.25, 0.3) is 0 Å². The van der Waals surface area contributed by atoms with Gasteiger partial charge in [-0.25, -0.2) is 4.79 Å². The highest BCUT2D eigenvalue weighted by Gasteiger charge is 2.17. The molecule has 0 amide bonds. The fraction of sp³-hybridized carbons (Fsp3) is 0.562. The van der Waals surface area contributed by atoms with Gasteiger partial charge < -0.3 is 9.47 Å². The molecule has 0 aliphatic carbocycles. The Balaban J connectivity index is 0.00000400. The number of carbonyl (C=O) groups excluding carboxylic acids is 1. The molecule has 0 spiro atoms. The summed E-state index contributed by atoms with van der Waals surface area (Å²) in [5.41, 5.74) is 0.623. The fourth-order valence-electron chi connectivity index (χ4n) is 1.55. The maximum absolute atomic E-state index is 11.9. The Morgan fingerprint density at radius 1 is 1.19 bits per heavy atom. The Morgan fingerprint density at radius 3 is 2.24 bits per heavy atom. The molecule has 4 nitrogen and oxygen atoms in total. The van der Waals surface area contributed by atoms with E-state index in [9.17, 15) is 4.79 Å². The van der Waals surface area contributed by atoms with E-state index in [0.29, 0.717) is 25.3 Å². The number of likely N-dealkylation sites (N-methyl/N-ethyl adjacent to an activating group) is 1. The zero-order valence-electron chi connectivity index (χ0n) is 13.5. The molecule has 0 fully saturated rings. The lowest BCUT2D eigenvalue weighted by atomic mass is 10.1. The third-order valence-electron chi connectivity index (χ3n) is 3.21. The first-order valence-corrected chi connectivity index (χ1v) is 6.96. The fourth-order valence-corrected chi connectivity index (χ4v) is 1.55. The van der Waals surface area contributed by atoms with Gasteiger partial charge in [0.05, 0.1) is 12.2 Å². The minimum Gasteiger partial charge on any atom is -0.494 e. The minimum absolute atomic E-state index is 0. The van der Waals surface area contributed by atoms with Crippen LogP contribution in [0.15, 0.2) is 24.3 Å². The normalized spacial score (nSPS) is 11.0. The molecule has 0 aliphatic rings. The predicted molar refractivity (Wildman–Crippen MR) is 87.5 cm³/mol. The van der Waals surface area contributed by atoms with Gasteiger partial charge >= 0.3 is 5.97 Å². The summed E-state index contributed by atoms with van der Waals surface area (Å²) in [6, 6.07) is 7.00. The van der Waals surface area contributed by atoms with Gasteiger partial charge in [-0.1, -0.05) is 0 Å². The largest absolute Gasteiger partial charge is 0.494 e. The van der Waals surface area contributed by atoms with Gasteiger partial charge in [0.2, 0.25) is 0 Å². The van der Waals surface area contributed by atoms with E-state index >= 15 is 0 Å². The second-order valence-corrected chi connectivity index (χ2v) is 5.69. The average molecular weight is 316 g/mol. The molecule has 1 aromatic carbocycles. The zero-order chi connectivity index (χ0) is 15.2. The van der Waals surface area contributed by atoms with Crippen molar-refractivity contribution in [3.05, 3.63) is 29.8 Å². The highest BCUT2D eigenvalue weighted by Crippen LogP contribution is 2.13. The van der Waals surface area contributed by atoms with Crippen LogP contribution in [-0.4, -0.2) is 43.2 Å². The van der Waals surface area contributed by atoms with Crippen molar-refractivity contribution in [2.45, 2.75) is 33.2 Å². The molecule has 1 rings (SSSR count). The molecule has 0 N–H and O–H groups in total. The van der Waals surface area contributed by atoms with Crippen molar-refractivity contribution in [3.8, 4) is 5.75 Å². The highest BCUT2D eigenvalue weighted by molar-refractivity contribution is 5.89. The van der Waals surface area contributed by atoms with E-state index in [1.807, 2.05) is 14.0 Å². The number of halogens is 1. The van der Waals surface area contributed by atoms with E-state index < -0.39 is 0 Å². The third-order valence-corrected chi connectivity index (χ3v) is 3.21. The smallest absolute Gasteiger partial charge is 0.338 e. The van der Waals surface area contributed by atoms with Gasteiger partial charge in [-0.2, -0.15) is 0 Å². The Kier molecular flexibility index (Phi) is 8.37. The minimum atomic E-state index is -0.296. The average Bonchev–Trinajstić information content (AvgIpc) is 2.38. The number of hydrogen-bond acceptors (Lipinski definition) is 4. The summed E-state index contributed by atoms with van der Waals surface area (Å²) < 4.78 is 10.6. The number of nitrogens with zero attached hydrogens (tertiary/aromatic N) is 1. The number of benzene rings is 1. The quantitative estimate of drug-likeness (QED) is 0.754. The van der Waals surface area contributed by atoms with Crippen LogP contribution in [0.1, 0.15) is 38.1 Å². The molecule has 0 saturated heterocycles. The molecule has 0 atom stereocenters. The lowest BCUT2D eigenvalue weighted by Gasteiger charge is -2.31. The molecule has 5 heteroatoms. The van der Waals surface area contributed by atoms with Gasteiger partial charge in [0.15, 0.2) is 0 Å². The molecule has 0 heterocycles. The second kappa shape index (κ2) is 8.90. The van der Waals surface area contributed by atoms with Gasteiger partial charge in [-0.15, -0.1) is 12.4 Å². The van der Waals surface area contributed by atoms with E-state index in [0.717, 1.165) is 5.75 Å². The lowest BCUT2D eigenvalue weighted by molar-refractivity contribution is 0.0423. The summed E-state index contributed by atoms with van der Waals surface area (Å²) in [7, 11) is 2.02. The molecule has 0 radical (unpaired) electrons. The van der Waals surface area contributed by atoms with Crippen LogP contribution in [0.3, 0.4) is 0 Å². The van der Waals surface area contributed by atoms with Crippen molar-refractivity contribution in [1.82, 2.24) is 4.90 Å². The number of hydrogen-bond donors (Lipinski definition) is 0. The Morgan fingerprint density at radius 2 is 1.76 bits per heavy atom. The number of rotatable bonds is 6. The van der Waals surface area contributed by atoms with Gasteiger partial charge in [0, 0.05) is 12.1 Å². The van der Waals surface area contributed by atoms with E-state index in [1.165, 1.54) is 0 Å². The molecule has 0 bridgehead atoms. The Hall–Kier alpha value is -1.26. The SMILES string of the molecule is CCOc1ccc(C(=O)OCCN(C)C(C)(C)C)cc1.Cl. The molecule has 1 aromatic rings. The Bertz CT molecular complexity index is 426. The van der Waals surface area contributed by atoms with Crippen LogP contribution in [0.2, 0.25) is 0 Å². The van der Waals surface area contributed by atoms with Crippen LogP contribution < -0.4 is 4.74 Å². The van der Waals surface area contributed by atoms with E-state index in [1.54, 1.807) is 24.3 Å². The van der Waals surface area contributed by atoms with Crippen molar-refractivity contribution in [2.24, 2.45) is 0 Å². The Labute approximate surface area is 133 Å². The molecule has 0 unspecified atom stereocenters. The molecule has 21 heavy (non-hydrogen) atoms. The molecular weight excluding hydrogens is 290 g/mol. The predicted octanol–water partition coefficient (Wildman–Crippen LogP) is 3.39. The van der Waals surface area contributed by atoms with Crippen molar-refractivity contribution >= 4 is 18.4 Å². The summed E-state index contributed by atoms with van der Waals surface area (Å²) >= 11 is 0. The topological polar surface area (TPSA) is 38.8 Å². The first-order valence-electron chi connectivity index (χ1n) is 6.96. The molecule has 0 aliphatic heterocycles. The first kappa shape index (κ1) is 19.7. The summed E-state index contributed by atoms with van der Waals surface area (Å²) in [6.07, 6.45) is 0. The van der Waals surface area contributed by atoms with Crippen LogP contribution in [0.25, 0.3) is 0 Å². The van der Waals surface area contributed by atoms with Gasteiger partial charge in [-0.05, 0) is 59.0 Å². The number of ether oxygens (including phenoxy) is 2. The lowest BCUT2D eigenvalue weighted by Crippen LogP contribution is -2.40. The first-order chi connectivity index (χ1) is 9.34. The molecular formula is C16H26ClNO3. The summed E-state index contributed by atoms with van der Waals surface area (Å²) in [5.74, 6) is 0.465. The van der Waals surface area contributed by atoms with Crippen LogP contribution in [0, 0.1) is 0 Å². The van der Waals surface area contributed by atoms with Crippen LogP contribution in [0.5, 0.6) is 5.75 Å². The van der Waals surface area contributed by atoms with Crippen molar-refractivity contribution in [1.29, 1.82) is 0 Å². The van der Waals surface area contributed by atoms with E-state index in [4.69, 9.17) is 9.47 Å². The van der Waals surface area contributed by atoms with E-state index in [2.05, 4.69) is 25.7 Å².